The summed E-state index contributed by atoms with van der Waals surface area (Å²) in [5.41, 5.74) is 0.968. The van der Waals surface area contributed by atoms with Crippen LogP contribution >= 0.6 is 24.0 Å². The molecule has 10 heteroatoms. The van der Waals surface area contributed by atoms with E-state index in [0.717, 1.165) is 56.9 Å². The van der Waals surface area contributed by atoms with Gasteiger partial charge in [-0.25, -0.2) is 4.99 Å². The molecule has 0 spiro atoms. The molecule has 1 atom stereocenters. The summed E-state index contributed by atoms with van der Waals surface area (Å²) in [4.78, 5) is 29.1. The van der Waals surface area contributed by atoms with Crippen molar-refractivity contribution in [2.45, 2.75) is 38.3 Å². The Morgan fingerprint density at radius 3 is 2.57 bits per heavy atom. The molecule has 30 heavy (non-hydrogen) atoms. The maximum absolute atomic E-state index is 11.8. The molecule has 0 saturated carbocycles. The van der Waals surface area contributed by atoms with Gasteiger partial charge >= 0.3 is 5.97 Å². The lowest BCUT2D eigenvalue weighted by molar-refractivity contribution is -0.384. The first-order valence-corrected chi connectivity index (χ1v) is 10.0. The summed E-state index contributed by atoms with van der Waals surface area (Å²) < 4.78 is 10.6. The molecule has 2 aliphatic rings. The van der Waals surface area contributed by atoms with Gasteiger partial charge < -0.3 is 19.7 Å². The fourth-order valence-corrected chi connectivity index (χ4v) is 3.66. The Kier molecular flexibility index (Phi) is 9.76. The average molecular weight is 532 g/mol. The lowest BCUT2D eigenvalue weighted by Crippen LogP contribution is -2.48. The number of carbonyl (C=O) groups excluding carboxylic acids is 1. The van der Waals surface area contributed by atoms with Gasteiger partial charge in [0, 0.05) is 38.4 Å². The first-order valence-electron chi connectivity index (χ1n) is 10.0. The van der Waals surface area contributed by atoms with Crippen molar-refractivity contribution in [2.24, 2.45) is 10.9 Å². The molecule has 166 valence electrons. The molecule has 1 aromatic carbocycles. The number of halogens is 1. The summed E-state index contributed by atoms with van der Waals surface area (Å²) >= 11 is 0. The van der Waals surface area contributed by atoms with E-state index in [1.165, 1.54) is 19.2 Å². The number of carbonyl (C=O) groups is 1. The van der Waals surface area contributed by atoms with Crippen molar-refractivity contribution in [3.05, 3.63) is 39.9 Å². The number of likely N-dealkylation sites (tertiary alicyclic amines) is 1. The van der Waals surface area contributed by atoms with Crippen LogP contribution in [0.4, 0.5) is 5.69 Å². The SMILES string of the molecule is COC(=O)C1CCN(C(=NCc2ccc([N+](=O)[O-])cc2)NCC2CCCO2)CC1.I. The molecule has 1 unspecified atom stereocenters. The highest BCUT2D eigenvalue weighted by atomic mass is 127. The molecule has 2 heterocycles. The molecule has 0 aromatic heterocycles. The number of rotatable bonds is 6. The van der Waals surface area contributed by atoms with Crippen molar-refractivity contribution in [1.82, 2.24) is 10.2 Å². The molecule has 0 bridgehead atoms. The number of methoxy groups -OCH3 is 1. The molecule has 2 saturated heterocycles. The summed E-state index contributed by atoms with van der Waals surface area (Å²) in [5, 5.41) is 14.2. The van der Waals surface area contributed by atoms with Crippen molar-refractivity contribution >= 4 is 41.6 Å². The molecule has 9 nitrogen and oxygen atoms in total. The third kappa shape index (κ3) is 6.79. The molecule has 0 amide bonds. The Balaban J connectivity index is 0.00000320. The highest BCUT2D eigenvalue weighted by molar-refractivity contribution is 14.0. The van der Waals surface area contributed by atoms with Gasteiger partial charge in [0.25, 0.3) is 5.69 Å². The van der Waals surface area contributed by atoms with E-state index >= 15 is 0 Å². The topological polar surface area (TPSA) is 106 Å². The van der Waals surface area contributed by atoms with Crippen molar-refractivity contribution in [2.75, 3.05) is 33.4 Å². The highest BCUT2D eigenvalue weighted by Gasteiger charge is 2.27. The number of nitrogens with one attached hydrogen (secondary N) is 1. The third-order valence-corrected chi connectivity index (χ3v) is 5.40. The Bertz CT molecular complexity index is 729. The second-order valence-corrected chi connectivity index (χ2v) is 7.36. The van der Waals surface area contributed by atoms with E-state index in [-0.39, 0.29) is 47.7 Å². The van der Waals surface area contributed by atoms with E-state index in [4.69, 9.17) is 14.5 Å². The van der Waals surface area contributed by atoms with Gasteiger partial charge in [-0.2, -0.15) is 0 Å². The number of piperidine rings is 1. The predicted octanol–water partition coefficient (Wildman–Crippen LogP) is 2.72. The maximum atomic E-state index is 11.8. The number of benzene rings is 1. The van der Waals surface area contributed by atoms with E-state index in [0.29, 0.717) is 13.1 Å². The minimum Gasteiger partial charge on any atom is -0.469 e. The summed E-state index contributed by atoms with van der Waals surface area (Å²) in [5.74, 6) is 0.564. The molecule has 0 aliphatic carbocycles. The number of hydrogen-bond donors (Lipinski definition) is 1. The minimum absolute atomic E-state index is 0. The first kappa shape index (κ1) is 24.3. The highest BCUT2D eigenvalue weighted by Crippen LogP contribution is 2.19. The zero-order chi connectivity index (χ0) is 20.6. The van der Waals surface area contributed by atoms with Crippen molar-refractivity contribution in [3.8, 4) is 0 Å². The number of nitro benzene ring substituents is 1. The number of nitro groups is 1. The van der Waals surface area contributed by atoms with Gasteiger partial charge in [-0.1, -0.05) is 12.1 Å². The van der Waals surface area contributed by atoms with E-state index in [2.05, 4.69) is 10.2 Å². The van der Waals surface area contributed by atoms with E-state index in [9.17, 15) is 14.9 Å². The molecule has 0 radical (unpaired) electrons. The monoisotopic (exact) mass is 532 g/mol. The number of esters is 1. The van der Waals surface area contributed by atoms with Crippen LogP contribution in [0.3, 0.4) is 0 Å². The predicted molar refractivity (Wildman–Crippen MR) is 123 cm³/mol. The first-order chi connectivity index (χ1) is 14.1. The Hall–Kier alpha value is -1.95. The smallest absolute Gasteiger partial charge is 0.308 e. The fourth-order valence-electron chi connectivity index (χ4n) is 3.66. The fraction of sp³-hybridized carbons (Fsp3) is 0.600. The largest absolute Gasteiger partial charge is 0.469 e. The average Bonchev–Trinajstić information content (AvgIpc) is 3.27. The van der Waals surface area contributed by atoms with Crippen LogP contribution in [0.1, 0.15) is 31.2 Å². The lowest BCUT2D eigenvalue weighted by Gasteiger charge is -2.33. The van der Waals surface area contributed by atoms with Crippen molar-refractivity contribution < 1.29 is 19.2 Å². The van der Waals surface area contributed by atoms with Crippen LogP contribution in [-0.2, 0) is 20.8 Å². The van der Waals surface area contributed by atoms with Crippen LogP contribution in [0.2, 0.25) is 0 Å². The standard InChI is InChI=1S/C20H28N4O5.HI/c1-28-19(25)16-8-10-23(11-9-16)20(22-14-18-3-2-12-29-18)21-13-15-4-6-17(7-5-15)24(26)27;/h4-7,16,18H,2-3,8-14H2,1H3,(H,21,22);1H. The quantitative estimate of drug-likeness (QED) is 0.150. The van der Waals surface area contributed by atoms with Crippen LogP contribution in [-0.4, -0.2) is 61.2 Å². The number of nitrogens with zero attached hydrogens (tertiary/aromatic N) is 3. The number of non-ortho nitro benzene ring substituents is 1. The second kappa shape index (κ2) is 12.0. The number of hydrogen-bond acceptors (Lipinski definition) is 6. The Morgan fingerprint density at radius 2 is 2.00 bits per heavy atom. The molecular formula is C20H29IN4O5. The number of ether oxygens (including phenoxy) is 2. The molecule has 3 rings (SSSR count). The van der Waals surface area contributed by atoms with Crippen LogP contribution in [0, 0.1) is 16.0 Å². The van der Waals surface area contributed by atoms with Crippen molar-refractivity contribution in [3.63, 3.8) is 0 Å². The minimum atomic E-state index is -0.410. The normalized spacial score (nSPS) is 19.8. The van der Waals surface area contributed by atoms with Crippen LogP contribution < -0.4 is 5.32 Å². The summed E-state index contributed by atoms with van der Waals surface area (Å²) in [6, 6.07) is 6.43. The maximum Gasteiger partial charge on any atom is 0.308 e. The van der Waals surface area contributed by atoms with Crippen LogP contribution in [0.25, 0.3) is 0 Å². The molecule has 1 aromatic rings. The number of guanidine groups is 1. The molecule has 2 fully saturated rings. The molecule has 1 N–H and O–H groups in total. The zero-order valence-corrected chi connectivity index (χ0v) is 19.4. The lowest BCUT2D eigenvalue weighted by atomic mass is 9.97. The number of aliphatic imine (C=N–C) groups is 1. The van der Waals surface area contributed by atoms with Crippen LogP contribution in [0.15, 0.2) is 29.3 Å². The summed E-state index contributed by atoms with van der Waals surface area (Å²) in [6.45, 7) is 3.35. The summed E-state index contributed by atoms with van der Waals surface area (Å²) in [7, 11) is 1.43. The Labute approximate surface area is 193 Å². The molecule has 2 aliphatic heterocycles. The van der Waals surface area contributed by atoms with Gasteiger partial charge in [0.2, 0.25) is 0 Å². The van der Waals surface area contributed by atoms with Crippen molar-refractivity contribution in [1.29, 1.82) is 0 Å². The van der Waals surface area contributed by atoms with Gasteiger partial charge in [-0.15, -0.1) is 24.0 Å². The van der Waals surface area contributed by atoms with Gasteiger partial charge in [-0.3, -0.25) is 14.9 Å². The van der Waals surface area contributed by atoms with Gasteiger partial charge in [0.15, 0.2) is 5.96 Å². The van der Waals surface area contributed by atoms with E-state index in [1.807, 2.05) is 0 Å². The third-order valence-electron chi connectivity index (χ3n) is 5.40. The van der Waals surface area contributed by atoms with Gasteiger partial charge in [0.1, 0.15) is 0 Å². The van der Waals surface area contributed by atoms with Gasteiger partial charge in [-0.05, 0) is 31.2 Å². The second-order valence-electron chi connectivity index (χ2n) is 7.36. The molecular weight excluding hydrogens is 503 g/mol. The van der Waals surface area contributed by atoms with Crippen LogP contribution in [0.5, 0.6) is 0 Å². The van der Waals surface area contributed by atoms with E-state index < -0.39 is 4.92 Å². The van der Waals surface area contributed by atoms with E-state index in [1.54, 1.807) is 12.1 Å². The zero-order valence-electron chi connectivity index (χ0n) is 17.1. The Morgan fingerprint density at radius 1 is 1.30 bits per heavy atom. The van der Waals surface area contributed by atoms with Gasteiger partial charge in [0.05, 0.1) is 30.6 Å². The summed E-state index contributed by atoms with van der Waals surface area (Å²) in [6.07, 6.45) is 3.75.